The van der Waals surface area contributed by atoms with Crippen molar-refractivity contribution in [1.82, 2.24) is 19.6 Å². The summed E-state index contributed by atoms with van der Waals surface area (Å²) in [5, 5.41) is 10.1. The number of nitrogens with two attached hydrogens (primary N) is 1. The third-order valence-corrected chi connectivity index (χ3v) is 7.90. The van der Waals surface area contributed by atoms with E-state index in [2.05, 4.69) is 21.2 Å². The zero-order valence-corrected chi connectivity index (χ0v) is 18.3. The van der Waals surface area contributed by atoms with Crippen LogP contribution in [0.15, 0.2) is 70.8 Å². The smallest absolute Gasteiger partial charge is 0.230 e. The molecule has 1 aliphatic carbocycles. The maximum atomic E-state index is 13.7. The second-order valence-electron chi connectivity index (χ2n) is 7.84. The Bertz CT molecular complexity index is 1520. The van der Waals surface area contributed by atoms with Gasteiger partial charge in [0.2, 0.25) is 5.91 Å². The maximum absolute atomic E-state index is 13.7. The average molecular weight is 462 g/mol. The second-order valence-corrected chi connectivity index (χ2v) is 9.91. The van der Waals surface area contributed by atoms with E-state index in [1.807, 2.05) is 40.9 Å². The highest BCUT2D eigenvalue weighted by Crippen LogP contribution is 2.50. The van der Waals surface area contributed by atoms with Crippen LogP contribution < -0.4 is 5.73 Å². The molecule has 0 radical (unpaired) electrons. The molecule has 2 aromatic carbocycles. The van der Waals surface area contributed by atoms with Gasteiger partial charge < -0.3 is 5.73 Å². The van der Waals surface area contributed by atoms with Gasteiger partial charge in [-0.2, -0.15) is 0 Å². The quantitative estimate of drug-likeness (QED) is 0.406. The fourth-order valence-corrected chi connectivity index (χ4v) is 5.93. The van der Waals surface area contributed by atoms with Crippen LogP contribution in [0.4, 0.5) is 4.39 Å². The number of carbonyl (C=O) groups excluding carboxylic acids is 1. The normalized spacial score (nSPS) is 14.8. The third-order valence-electron chi connectivity index (χ3n) is 5.73. The highest BCUT2D eigenvalue weighted by Gasteiger charge is 2.52. The van der Waals surface area contributed by atoms with E-state index in [0.717, 1.165) is 44.1 Å². The Kier molecular flexibility index (Phi) is 4.31. The van der Waals surface area contributed by atoms with Gasteiger partial charge in [0.1, 0.15) is 16.2 Å². The minimum Gasteiger partial charge on any atom is -0.369 e. The summed E-state index contributed by atoms with van der Waals surface area (Å²) in [4.78, 5) is 17.5. The van der Waals surface area contributed by atoms with Crippen molar-refractivity contribution in [2.24, 2.45) is 5.73 Å². The fraction of sp³-hybridized carbons (Fsp3) is 0.130. The topological polar surface area (TPSA) is 86.2 Å². The van der Waals surface area contributed by atoms with E-state index in [-0.39, 0.29) is 11.7 Å². The lowest BCUT2D eigenvalue weighted by Gasteiger charge is -2.05. The number of thiazole rings is 1. The van der Waals surface area contributed by atoms with Crippen molar-refractivity contribution >= 4 is 44.9 Å². The Labute approximate surface area is 190 Å². The minimum atomic E-state index is -0.576. The summed E-state index contributed by atoms with van der Waals surface area (Å²) in [6, 6.07) is 16.3. The first-order chi connectivity index (χ1) is 15.5. The van der Waals surface area contributed by atoms with Crippen LogP contribution in [0.25, 0.3) is 27.0 Å². The first kappa shape index (κ1) is 19.4. The first-order valence-corrected chi connectivity index (χ1v) is 11.6. The number of hydrogen-bond donors (Lipinski definition) is 1. The van der Waals surface area contributed by atoms with E-state index < -0.39 is 5.41 Å². The Balaban J connectivity index is 1.35. The monoisotopic (exact) mass is 461 g/mol. The molecule has 0 aliphatic heterocycles. The lowest BCUT2D eigenvalue weighted by Crippen LogP contribution is -2.28. The molecule has 0 bridgehead atoms. The number of aromatic nitrogens is 4. The minimum absolute atomic E-state index is 0.275. The van der Waals surface area contributed by atoms with E-state index >= 15 is 0 Å². The van der Waals surface area contributed by atoms with Crippen LogP contribution in [0.5, 0.6) is 0 Å². The van der Waals surface area contributed by atoms with Crippen LogP contribution in [0.2, 0.25) is 0 Å². The molecule has 3 aromatic heterocycles. The summed E-state index contributed by atoms with van der Waals surface area (Å²) >= 11 is 3.01. The molecule has 158 valence electrons. The number of fused-ring (bicyclic) bond motifs is 2. The van der Waals surface area contributed by atoms with Gasteiger partial charge in [-0.15, -0.1) is 21.5 Å². The van der Waals surface area contributed by atoms with Gasteiger partial charge in [0.15, 0.2) is 10.8 Å². The number of halogens is 1. The molecule has 1 saturated carbocycles. The molecule has 32 heavy (non-hydrogen) atoms. The predicted octanol–water partition coefficient (Wildman–Crippen LogP) is 4.81. The molecule has 0 atom stereocenters. The molecule has 2 N–H and O–H groups in total. The van der Waals surface area contributed by atoms with Crippen LogP contribution in [0, 0.1) is 5.82 Å². The predicted molar refractivity (Wildman–Crippen MR) is 122 cm³/mol. The van der Waals surface area contributed by atoms with Gasteiger partial charge >= 0.3 is 0 Å². The summed E-state index contributed by atoms with van der Waals surface area (Å²) in [5.74, 6) is -0.572. The molecule has 1 fully saturated rings. The van der Waals surface area contributed by atoms with Gasteiger partial charge in [-0.1, -0.05) is 12.1 Å². The Morgan fingerprint density at radius 3 is 2.75 bits per heavy atom. The van der Waals surface area contributed by atoms with E-state index in [1.54, 1.807) is 6.07 Å². The maximum Gasteiger partial charge on any atom is 0.230 e. The van der Waals surface area contributed by atoms with E-state index in [0.29, 0.717) is 10.8 Å². The first-order valence-electron chi connectivity index (χ1n) is 10.0. The fourth-order valence-electron chi connectivity index (χ4n) is 3.75. The average Bonchev–Trinajstić information content (AvgIpc) is 3.36. The van der Waals surface area contributed by atoms with E-state index in [9.17, 15) is 9.18 Å². The zero-order chi connectivity index (χ0) is 21.9. The number of benzene rings is 2. The molecule has 0 unspecified atom stereocenters. The van der Waals surface area contributed by atoms with Crippen molar-refractivity contribution < 1.29 is 9.18 Å². The molecule has 6 nitrogen and oxygen atoms in total. The Hall–Kier alpha value is -3.30. The number of nitrogens with zero attached hydrogens (tertiary/aromatic N) is 4. The molecular weight excluding hydrogens is 445 g/mol. The number of carbonyl (C=O) groups is 1. The van der Waals surface area contributed by atoms with Crippen LogP contribution in [-0.2, 0) is 10.2 Å². The number of hydrogen-bond acceptors (Lipinski definition) is 6. The molecule has 0 spiro atoms. The molecular formula is C23H16FN5OS2. The lowest BCUT2D eigenvalue weighted by molar-refractivity contribution is -0.120. The molecule has 3 heterocycles. The Morgan fingerprint density at radius 1 is 1.09 bits per heavy atom. The van der Waals surface area contributed by atoms with E-state index in [4.69, 9.17) is 5.73 Å². The van der Waals surface area contributed by atoms with Gasteiger partial charge in [0, 0.05) is 11.1 Å². The Morgan fingerprint density at radius 2 is 1.97 bits per heavy atom. The SMILES string of the molecule is NC(=O)C1(c2nc3ccc(Sc4nnc5ccc(-c6cccc(F)c6)cn45)cc3s2)CC1. The van der Waals surface area contributed by atoms with Crippen molar-refractivity contribution in [2.75, 3.05) is 0 Å². The molecule has 1 amide bonds. The number of primary amides is 1. The van der Waals surface area contributed by atoms with E-state index in [1.165, 1.54) is 35.2 Å². The summed E-state index contributed by atoms with van der Waals surface area (Å²) in [5.41, 5.74) is 8.27. The molecule has 5 aromatic rings. The van der Waals surface area contributed by atoms with Gasteiger partial charge in [-0.25, -0.2) is 9.37 Å². The number of amides is 1. The summed E-state index contributed by atoms with van der Waals surface area (Å²) in [7, 11) is 0. The highest BCUT2D eigenvalue weighted by atomic mass is 32.2. The standard InChI is InChI=1S/C23H16FN5OS2/c24-15-3-1-2-13(10-15)14-4-7-19-27-28-22(29(19)12-14)31-16-5-6-17-18(11-16)32-21(26-17)23(8-9-23)20(25)30/h1-7,10-12H,8-9H2,(H2,25,30). The van der Waals surface area contributed by atoms with Crippen molar-refractivity contribution in [2.45, 2.75) is 28.3 Å². The summed E-state index contributed by atoms with van der Waals surface area (Å²) in [6.07, 6.45) is 3.45. The molecule has 9 heteroatoms. The third kappa shape index (κ3) is 3.16. The van der Waals surface area contributed by atoms with Gasteiger partial charge in [0.25, 0.3) is 0 Å². The largest absolute Gasteiger partial charge is 0.369 e. The number of pyridine rings is 1. The molecule has 1 aliphatic rings. The van der Waals surface area contributed by atoms with Crippen LogP contribution in [-0.4, -0.2) is 25.5 Å². The van der Waals surface area contributed by atoms with Crippen molar-refractivity contribution in [3.05, 3.63) is 71.6 Å². The molecule has 6 rings (SSSR count). The van der Waals surface area contributed by atoms with Crippen LogP contribution >= 0.6 is 23.1 Å². The van der Waals surface area contributed by atoms with Crippen LogP contribution in [0.1, 0.15) is 17.8 Å². The number of rotatable bonds is 5. The lowest BCUT2D eigenvalue weighted by atomic mass is 10.1. The second kappa shape index (κ2) is 7.11. The van der Waals surface area contributed by atoms with Gasteiger partial charge in [-0.05, 0) is 78.2 Å². The van der Waals surface area contributed by atoms with Crippen molar-refractivity contribution in [1.29, 1.82) is 0 Å². The summed E-state index contributed by atoms with van der Waals surface area (Å²) < 4.78 is 16.6. The van der Waals surface area contributed by atoms with Crippen molar-refractivity contribution in [3.8, 4) is 11.1 Å². The van der Waals surface area contributed by atoms with Gasteiger partial charge in [0.05, 0.1) is 10.2 Å². The highest BCUT2D eigenvalue weighted by molar-refractivity contribution is 7.99. The van der Waals surface area contributed by atoms with Crippen molar-refractivity contribution in [3.63, 3.8) is 0 Å². The zero-order valence-electron chi connectivity index (χ0n) is 16.7. The molecule has 0 saturated heterocycles. The van der Waals surface area contributed by atoms with Gasteiger partial charge in [-0.3, -0.25) is 9.20 Å². The summed E-state index contributed by atoms with van der Waals surface area (Å²) in [6.45, 7) is 0. The van der Waals surface area contributed by atoms with Crippen LogP contribution in [0.3, 0.4) is 0 Å².